The van der Waals surface area contributed by atoms with Crippen molar-refractivity contribution in [2.75, 3.05) is 0 Å². The third-order valence-electron chi connectivity index (χ3n) is 4.82. The molecule has 4 rings (SSSR count). The smallest absolute Gasteiger partial charge is 0.277 e. The predicted octanol–water partition coefficient (Wildman–Crippen LogP) is 5.17. The lowest BCUT2D eigenvalue weighted by atomic mass is 9.98. The molecule has 1 aromatic heterocycles. The highest BCUT2D eigenvalue weighted by atomic mass is 32.2. The molecule has 3 aromatic carbocycles. The zero-order valence-corrected chi connectivity index (χ0v) is 18.7. The van der Waals surface area contributed by atoms with Gasteiger partial charge in [0, 0.05) is 0 Å². The van der Waals surface area contributed by atoms with E-state index in [2.05, 4.69) is 15.5 Å². The standard InChI is InChI=1S/C25H22FN3O3S/c1-17(33-25-29-28-22(32-25)16-31-21-14-12-20(26)13-15-21)24(30)27-23(18-8-4-2-5-9-18)19-10-6-3-7-11-19/h2-15,17,23H,16H2,1H3,(H,27,30). The molecule has 0 fully saturated rings. The molecule has 0 saturated carbocycles. The highest BCUT2D eigenvalue weighted by Gasteiger charge is 2.23. The first-order valence-electron chi connectivity index (χ1n) is 10.4. The topological polar surface area (TPSA) is 77.2 Å². The van der Waals surface area contributed by atoms with Gasteiger partial charge in [0.05, 0.1) is 11.3 Å². The van der Waals surface area contributed by atoms with Gasteiger partial charge in [-0.15, -0.1) is 10.2 Å². The van der Waals surface area contributed by atoms with Crippen molar-refractivity contribution in [3.8, 4) is 5.75 Å². The van der Waals surface area contributed by atoms with Gasteiger partial charge in [-0.3, -0.25) is 4.79 Å². The molecule has 0 aliphatic carbocycles. The number of amides is 1. The number of carbonyl (C=O) groups excluding carboxylic acids is 1. The summed E-state index contributed by atoms with van der Waals surface area (Å²) in [5, 5.41) is 10.9. The van der Waals surface area contributed by atoms with Gasteiger partial charge in [0.15, 0.2) is 6.61 Å². The summed E-state index contributed by atoms with van der Waals surface area (Å²) < 4.78 is 24.1. The van der Waals surface area contributed by atoms with Gasteiger partial charge < -0.3 is 14.5 Å². The van der Waals surface area contributed by atoms with E-state index in [1.54, 1.807) is 6.92 Å². The molecule has 4 aromatic rings. The molecule has 33 heavy (non-hydrogen) atoms. The van der Waals surface area contributed by atoms with Crippen LogP contribution >= 0.6 is 11.8 Å². The van der Waals surface area contributed by atoms with Crippen molar-refractivity contribution in [2.24, 2.45) is 0 Å². The Balaban J connectivity index is 1.37. The van der Waals surface area contributed by atoms with Crippen LogP contribution in [0.3, 0.4) is 0 Å². The molecule has 1 amide bonds. The van der Waals surface area contributed by atoms with Gasteiger partial charge in [-0.25, -0.2) is 4.39 Å². The van der Waals surface area contributed by atoms with E-state index in [4.69, 9.17) is 9.15 Å². The maximum absolute atomic E-state index is 13.0. The number of rotatable bonds is 9. The van der Waals surface area contributed by atoms with E-state index in [9.17, 15) is 9.18 Å². The van der Waals surface area contributed by atoms with Crippen molar-refractivity contribution in [2.45, 2.75) is 30.0 Å². The van der Waals surface area contributed by atoms with E-state index in [1.165, 1.54) is 36.0 Å². The Hall–Kier alpha value is -3.65. The van der Waals surface area contributed by atoms with E-state index in [0.717, 1.165) is 11.1 Å². The fraction of sp³-hybridized carbons (Fsp3) is 0.160. The van der Waals surface area contributed by atoms with E-state index in [0.29, 0.717) is 5.75 Å². The number of benzene rings is 3. The molecule has 6 nitrogen and oxygen atoms in total. The number of hydrogen-bond acceptors (Lipinski definition) is 6. The van der Waals surface area contributed by atoms with E-state index in [-0.39, 0.29) is 35.5 Å². The van der Waals surface area contributed by atoms with Crippen molar-refractivity contribution >= 4 is 17.7 Å². The quantitative estimate of drug-likeness (QED) is 0.345. The second kappa shape index (κ2) is 10.8. The Morgan fingerprint density at radius 1 is 0.970 bits per heavy atom. The molecule has 0 aliphatic heterocycles. The fourth-order valence-corrected chi connectivity index (χ4v) is 3.84. The molecule has 8 heteroatoms. The lowest BCUT2D eigenvalue weighted by Crippen LogP contribution is -2.34. The van der Waals surface area contributed by atoms with Crippen LogP contribution in [0.1, 0.15) is 30.0 Å². The van der Waals surface area contributed by atoms with Crippen LogP contribution in [0, 0.1) is 5.82 Å². The van der Waals surface area contributed by atoms with Gasteiger partial charge in [0.25, 0.3) is 11.1 Å². The Morgan fingerprint density at radius 2 is 1.58 bits per heavy atom. The van der Waals surface area contributed by atoms with Gasteiger partial charge in [-0.05, 0) is 42.3 Å². The maximum atomic E-state index is 13.0. The summed E-state index contributed by atoms with van der Waals surface area (Å²) in [6.07, 6.45) is 0. The molecule has 168 valence electrons. The average Bonchev–Trinajstić information content (AvgIpc) is 3.30. The monoisotopic (exact) mass is 463 g/mol. The molecule has 1 atom stereocenters. The third kappa shape index (κ3) is 6.20. The molecule has 0 radical (unpaired) electrons. The Bertz CT molecular complexity index is 1130. The first-order valence-corrected chi connectivity index (χ1v) is 11.2. The summed E-state index contributed by atoms with van der Waals surface area (Å²) in [4.78, 5) is 13.0. The zero-order valence-electron chi connectivity index (χ0n) is 17.9. The van der Waals surface area contributed by atoms with E-state index in [1.807, 2.05) is 60.7 Å². The number of thioether (sulfide) groups is 1. The van der Waals surface area contributed by atoms with Crippen molar-refractivity contribution in [1.82, 2.24) is 15.5 Å². The number of hydrogen-bond donors (Lipinski definition) is 1. The lowest BCUT2D eigenvalue weighted by Gasteiger charge is -2.21. The summed E-state index contributed by atoms with van der Waals surface area (Å²) in [7, 11) is 0. The Kier molecular flexibility index (Phi) is 7.36. The molecular formula is C25H22FN3O3S. The first kappa shape index (κ1) is 22.5. The molecule has 1 heterocycles. The van der Waals surface area contributed by atoms with Crippen LogP contribution < -0.4 is 10.1 Å². The van der Waals surface area contributed by atoms with E-state index >= 15 is 0 Å². The van der Waals surface area contributed by atoms with Crippen LogP contribution in [0.5, 0.6) is 5.75 Å². The van der Waals surface area contributed by atoms with Crippen LogP contribution in [-0.2, 0) is 11.4 Å². The second-order valence-corrected chi connectivity index (χ2v) is 8.52. The summed E-state index contributed by atoms with van der Waals surface area (Å²) in [6, 6.07) is 25.0. The molecule has 1 N–H and O–H groups in total. The highest BCUT2D eigenvalue weighted by molar-refractivity contribution is 8.00. The third-order valence-corrected chi connectivity index (χ3v) is 5.76. The largest absolute Gasteiger partial charge is 0.484 e. The van der Waals surface area contributed by atoms with E-state index < -0.39 is 5.25 Å². The maximum Gasteiger partial charge on any atom is 0.277 e. The molecule has 0 saturated heterocycles. The SMILES string of the molecule is CC(Sc1nnc(COc2ccc(F)cc2)o1)C(=O)NC(c1ccccc1)c1ccccc1. The zero-order chi connectivity index (χ0) is 23.0. The predicted molar refractivity (Wildman–Crippen MR) is 123 cm³/mol. The van der Waals surface area contributed by atoms with Crippen LogP contribution in [0.15, 0.2) is 94.6 Å². The Morgan fingerprint density at radius 3 is 2.18 bits per heavy atom. The second-order valence-electron chi connectivity index (χ2n) is 7.23. The van der Waals surface area contributed by atoms with Crippen molar-refractivity contribution < 1.29 is 18.3 Å². The van der Waals surface area contributed by atoms with Gasteiger partial charge in [-0.2, -0.15) is 0 Å². The van der Waals surface area contributed by atoms with Gasteiger partial charge in [-0.1, -0.05) is 72.4 Å². The fourth-order valence-electron chi connectivity index (χ4n) is 3.13. The molecule has 0 bridgehead atoms. The lowest BCUT2D eigenvalue weighted by molar-refractivity contribution is -0.120. The van der Waals surface area contributed by atoms with Crippen molar-refractivity contribution in [1.29, 1.82) is 0 Å². The van der Waals surface area contributed by atoms with Crippen molar-refractivity contribution in [3.05, 3.63) is 108 Å². The summed E-state index contributed by atoms with van der Waals surface area (Å²) in [5.41, 5.74) is 1.99. The summed E-state index contributed by atoms with van der Waals surface area (Å²) >= 11 is 1.17. The molecular weight excluding hydrogens is 441 g/mol. The van der Waals surface area contributed by atoms with Crippen LogP contribution in [-0.4, -0.2) is 21.4 Å². The average molecular weight is 464 g/mol. The van der Waals surface area contributed by atoms with Crippen LogP contribution in [0.25, 0.3) is 0 Å². The minimum Gasteiger partial charge on any atom is -0.484 e. The number of halogens is 1. The molecule has 1 unspecified atom stereocenters. The molecule has 0 spiro atoms. The van der Waals surface area contributed by atoms with Gasteiger partial charge in [0.2, 0.25) is 5.91 Å². The van der Waals surface area contributed by atoms with Gasteiger partial charge in [0.1, 0.15) is 11.6 Å². The highest BCUT2D eigenvalue weighted by Crippen LogP contribution is 2.26. The first-order chi connectivity index (χ1) is 16.1. The van der Waals surface area contributed by atoms with Gasteiger partial charge >= 0.3 is 0 Å². The summed E-state index contributed by atoms with van der Waals surface area (Å²) in [5.74, 6) is 0.262. The van der Waals surface area contributed by atoms with Crippen molar-refractivity contribution in [3.63, 3.8) is 0 Å². The number of carbonyl (C=O) groups is 1. The minimum absolute atomic E-state index is 0.0455. The number of nitrogens with zero attached hydrogens (tertiary/aromatic N) is 2. The number of ether oxygens (including phenoxy) is 1. The van der Waals surface area contributed by atoms with Crippen LogP contribution in [0.2, 0.25) is 0 Å². The minimum atomic E-state index is -0.466. The van der Waals surface area contributed by atoms with Crippen LogP contribution in [0.4, 0.5) is 4.39 Å². The number of nitrogens with one attached hydrogen (secondary N) is 1. The number of aromatic nitrogens is 2. The Labute approximate surface area is 195 Å². The molecule has 0 aliphatic rings. The normalized spacial score (nSPS) is 11.8. The summed E-state index contributed by atoms with van der Waals surface area (Å²) in [6.45, 7) is 1.83.